The Balaban J connectivity index is 1.54. The zero-order valence-electron chi connectivity index (χ0n) is 19.6. The van der Waals surface area contributed by atoms with E-state index in [1.165, 1.54) is 25.3 Å². The smallest absolute Gasteiger partial charge is 0.282 e. The Kier molecular flexibility index (Phi) is 7.07. The van der Waals surface area contributed by atoms with E-state index >= 15 is 0 Å². The molecule has 3 aliphatic rings. The molecule has 0 unspecified atom stereocenters. The number of likely N-dealkylation sites (tertiary alicyclic amines) is 1. The Labute approximate surface area is 208 Å². The van der Waals surface area contributed by atoms with Crippen molar-refractivity contribution in [2.24, 2.45) is 11.8 Å². The average Bonchev–Trinajstić information content (AvgIpc) is 3.30. The third-order valence-electron chi connectivity index (χ3n) is 6.96. The lowest BCUT2D eigenvalue weighted by Gasteiger charge is -2.40. The first-order chi connectivity index (χ1) is 16.3. The van der Waals surface area contributed by atoms with Gasteiger partial charge in [-0.05, 0) is 44.7 Å². The van der Waals surface area contributed by atoms with E-state index in [0.717, 1.165) is 17.7 Å². The van der Waals surface area contributed by atoms with Crippen LogP contribution in [0.3, 0.4) is 0 Å². The van der Waals surface area contributed by atoms with Crippen LogP contribution in [0.15, 0.2) is 23.1 Å². The zero-order valence-corrected chi connectivity index (χ0v) is 21.1. The van der Waals surface area contributed by atoms with Crippen LogP contribution in [0.25, 0.3) is 0 Å². The van der Waals surface area contributed by atoms with Gasteiger partial charge in [-0.3, -0.25) is 9.59 Å². The van der Waals surface area contributed by atoms with Crippen molar-refractivity contribution in [3.05, 3.63) is 23.2 Å². The number of rotatable bonds is 9. The Hall–Kier alpha value is -1.98. The van der Waals surface area contributed by atoms with Crippen molar-refractivity contribution in [1.29, 1.82) is 0 Å². The highest BCUT2D eigenvalue weighted by molar-refractivity contribution is 7.92. The molecule has 35 heavy (non-hydrogen) atoms. The summed E-state index contributed by atoms with van der Waals surface area (Å²) in [6.45, 7) is 1.04. The van der Waals surface area contributed by atoms with E-state index in [2.05, 4.69) is 5.32 Å². The summed E-state index contributed by atoms with van der Waals surface area (Å²) >= 11 is 6.28. The number of amides is 2. The number of alkyl halides is 2. The van der Waals surface area contributed by atoms with E-state index in [1.807, 2.05) is 6.92 Å². The minimum Gasteiger partial charge on any atom is -0.491 e. The SMILES string of the molecule is COCCOc1ccc(S(=O)(=O)[C@@H]2C[C@@H](C(=O)NC3(C)CC3)[C@H](C(=O)N3CC(F)(F)C3)C2)c(Cl)c1. The monoisotopic (exact) mass is 534 g/mol. The summed E-state index contributed by atoms with van der Waals surface area (Å²) in [4.78, 5) is 26.9. The molecule has 2 amide bonds. The van der Waals surface area contributed by atoms with E-state index in [-0.39, 0.29) is 34.9 Å². The molecule has 1 N–H and O–H groups in total. The van der Waals surface area contributed by atoms with Crippen LogP contribution in [0.4, 0.5) is 8.78 Å². The number of nitrogens with zero attached hydrogens (tertiary/aromatic N) is 1. The molecule has 0 radical (unpaired) electrons. The summed E-state index contributed by atoms with van der Waals surface area (Å²) in [5.74, 6) is -5.53. The number of methoxy groups -OCH3 is 1. The molecule has 0 bridgehead atoms. The maximum absolute atomic E-state index is 13.5. The van der Waals surface area contributed by atoms with Crippen LogP contribution >= 0.6 is 11.6 Å². The lowest BCUT2D eigenvalue weighted by molar-refractivity contribution is -0.171. The molecule has 194 valence electrons. The van der Waals surface area contributed by atoms with Gasteiger partial charge in [0, 0.05) is 18.7 Å². The molecule has 12 heteroatoms. The predicted molar refractivity (Wildman–Crippen MR) is 123 cm³/mol. The predicted octanol–water partition coefficient (Wildman–Crippen LogP) is 2.68. The lowest BCUT2D eigenvalue weighted by Crippen LogP contribution is -2.60. The van der Waals surface area contributed by atoms with Gasteiger partial charge in [-0.1, -0.05) is 11.6 Å². The first-order valence-electron chi connectivity index (χ1n) is 11.5. The van der Waals surface area contributed by atoms with Gasteiger partial charge in [-0.2, -0.15) is 0 Å². The van der Waals surface area contributed by atoms with Crippen molar-refractivity contribution in [3.63, 3.8) is 0 Å². The maximum atomic E-state index is 13.5. The van der Waals surface area contributed by atoms with Gasteiger partial charge in [-0.25, -0.2) is 17.2 Å². The Morgan fingerprint density at radius 1 is 1.17 bits per heavy atom. The second-order valence-electron chi connectivity index (χ2n) is 9.89. The number of carbonyl (C=O) groups is 2. The van der Waals surface area contributed by atoms with Gasteiger partial charge in [-0.15, -0.1) is 0 Å². The third kappa shape index (κ3) is 5.56. The molecule has 0 spiro atoms. The number of hydrogen-bond acceptors (Lipinski definition) is 6. The highest BCUT2D eigenvalue weighted by Gasteiger charge is 2.54. The van der Waals surface area contributed by atoms with E-state index in [1.54, 1.807) is 0 Å². The molecule has 1 aromatic carbocycles. The van der Waals surface area contributed by atoms with Gasteiger partial charge < -0.3 is 19.7 Å². The van der Waals surface area contributed by atoms with Crippen LogP contribution in [0.5, 0.6) is 5.75 Å². The lowest BCUT2D eigenvalue weighted by atomic mass is 9.92. The maximum Gasteiger partial charge on any atom is 0.282 e. The normalized spacial score (nSPS) is 26.7. The van der Waals surface area contributed by atoms with Gasteiger partial charge in [0.2, 0.25) is 11.8 Å². The Morgan fingerprint density at radius 3 is 2.40 bits per heavy atom. The van der Waals surface area contributed by atoms with Crippen LogP contribution in [0.2, 0.25) is 5.02 Å². The van der Waals surface area contributed by atoms with E-state index in [4.69, 9.17) is 21.1 Å². The minimum absolute atomic E-state index is 0.0384. The summed E-state index contributed by atoms with van der Waals surface area (Å²) in [6.07, 6.45) is 1.35. The number of halogens is 3. The third-order valence-corrected chi connectivity index (χ3v) is 9.62. The van der Waals surface area contributed by atoms with Crippen molar-refractivity contribution in [2.75, 3.05) is 33.4 Å². The molecule has 3 atom stereocenters. The van der Waals surface area contributed by atoms with Crippen LogP contribution in [-0.2, 0) is 24.2 Å². The van der Waals surface area contributed by atoms with Gasteiger partial charge in [0.1, 0.15) is 12.4 Å². The quantitative estimate of drug-likeness (QED) is 0.489. The second kappa shape index (κ2) is 9.48. The van der Waals surface area contributed by atoms with Gasteiger partial charge in [0.05, 0.1) is 46.7 Å². The number of sulfone groups is 1. The second-order valence-corrected chi connectivity index (χ2v) is 12.5. The largest absolute Gasteiger partial charge is 0.491 e. The van der Waals surface area contributed by atoms with E-state index in [9.17, 15) is 26.8 Å². The topological polar surface area (TPSA) is 102 Å². The van der Waals surface area contributed by atoms with Crippen molar-refractivity contribution in [1.82, 2.24) is 10.2 Å². The summed E-state index contributed by atoms with van der Waals surface area (Å²) < 4.78 is 64.1. The summed E-state index contributed by atoms with van der Waals surface area (Å²) in [5.41, 5.74) is -0.368. The number of benzene rings is 1. The molecule has 0 aromatic heterocycles. The Bertz CT molecular complexity index is 1100. The molecular weight excluding hydrogens is 506 g/mol. The minimum atomic E-state index is -4.02. The molecule has 2 aliphatic carbocycles. The van der Waals surface area contributed by atoms with E-state index < -0.39 is 57.7 Å². The summed E-state index contributed by atoms with van der Waals surface area (Å²) in [7, 11) is -2.50. The van der Waals surface area contributed by atoms with Crippen molar-refractivity contribution >= 4 is 33.3 Å². The molecule has 1 aliphatic heterocycles. The number of nitrogens with one attached hydrogen (secondary N) is 1. The van der Waals surface area contributed by atoms with Crippen LogP contribution in [0, 0.1) is 11.8 Å². The van der Waals surface area contributed by atoms with Crippen LogP contribution in [-0.4, -0.2) is 75.3 Å². The molecule has 2 saturated carbocycles. The van der Waals surface area contributed by atoms with Crippen LogP contribution < -0.4 is 10.1 Å². The van der Waals surface area contributed by atoms with Crippen molar-refractivity contribution < 1.29 is 36.3 Å². The summed E-state index contributed by atoms with van der Waals surface area (Å²) in [5, 5.41) is 1.80. The first-order valence-corrected chi connectivity index (χ1v) is 13.4. The highest BCUT2D eigenvalue weighted by Crippen LogP contribution is 2.44. The fourth-order valence-corrected chi connectivity index (χ4v) is 7.00. The number of carbonyl (C=O) groups excluding carboxylic acids is 2. The molecule has 8 nitrogen and oxygen atoms in total. The molecule has 1 aromatic rings. The average molecular weight is 535 g/mol. The number of ether oxygens (including phenoxy) is 2. The van der Waals surface area contributed by atoms with Crippen LogP contribution in [0.1, 0.15) is 32.6 Å². The highest BCUT2D eigenvalue weighted by atomic mass is 35.5. The zero-order chi connectivity index (χ0) is 25.6. The first kappa shape index (κ1) is 26.1. The summed E-state index contributed by atoms with van der Waals surface area (Å²) in [6, 6.07) is 4.21. The Morgan fingerprint density at radius 2 is 1.83 bits per heavy atom. The molecule has 3 fully saturated rings. The molecular formula is C23H29ClF2N2O6S. The molecule has 4 rings (SSSR count). The van der Waals surface area contributed by atoms with Gasteiger partial charge >= 0.3 is 0 Å². The van der Waals surface area contributed by atoms with Crippen molar-refractivity contribution in [3.8, 4) is 5.75 Å². The van der Waals surface area contributed by atoms with Gasteiger partial charge in [0.15, 0.2) is 9.84 Å². The molecule has 1 saturated heterocycles. The molecule has 1 heterocycles. The van der Waals surface area contributed by atoms with E-state index in [0.29, 0.717) is 12.4 Å². The standard InChI is InChI=1S/C23H29ClF2N2O6S/c1-22(5-6-22)27-20(29)16-10-15(11-17(16)21(30)28-12-23(25,26)13-28)35(31,32)19-4-3-14(9-18(19)24)34-8-7-33-2/h3-4,9,15-17H,5-8,10-13H2,1-2H3,(H,27,29)/t15-,16-,17-/m1/s1. The fraction of sp³-hybridized carbons (Fsp3) is 0.652. The fourth-order valence-electron chi connectivity index (χ4n) is 4.64. The van der Waals surface area contributed by atoms with Crippen molar-refractivity contribution in [2.45, 2.75) is 54.2 Å². The number of hydrogen-bond donors (Lipinski definition) is 1. The van der Waals surface area contributed by atoms with Gasteiger partial charge in [0.25, 0.3) is 5.92 Å².